The van der Waals surface area contributed by atoms with Crippen LogP contribution in [0.3, 0.4) is 0 Å². The van der Waals surface area contributed by atoms with Gasteiger partial charge in [-0.3, -0.25) is 9.63 Å². The van der Waals surface area contributed by atoms with E-state index < -0.39 is 12.1 Å². The van der Waals surface area contributed by atoms with Gasteiger partial charge in [0.25, 0.3) is 0 Å². The lowest BCUT2D eigenvalue weighted by molar-refractivity contribution is -0.169. The SMILES string of the molecule is CON(C)C(=O)CC1CC/C=C/C[C@@H](c2ccccc2)OC(=O)c2c(O)cc(O)cc2C1. The predicted octanol–water partition coefficient (Wildman–Crippen LogP) is 4.30. The van der Waals surface area contributed by atoms with E-state index in [1.54, 1.807) is 7.05 Å². The Kier molecular flexibility index (Phi) is 7.89. The fourth-order valence-corrected chi connectivity index (χ4v) is 3.91. The van der Waals surface area contributed by atoms with Crippen LogP contribution in [0, 0.1) is 5.92 Å². The Morgan fingerprint density at radius 3 is 2.66 bits per heavy atom. The van der Waals surface area contributed by atoms with Crippen LogP contribution in [0.1, 0.15) is 53.3 Å². The summed E-state index contributed by atoms with van der Waals surface area (Å²) in [7, 11) is 2.97. The minimum absolute atomic E-state index is 0.0193. The van der Waals surface area contributed by atoms with Gasteiger partial charge in [-0.15, -0.1) is 0 Å². The number of phenolic OH excluding ortho intramolecular Hbond substituents is 2. The number of benzene rings is 2. The molecule has 0 aliphatic carbocycles. The summed E-state index contributed by atoms with van der Waals surface area (Å²) in [5.41, 5.74) is 1.32. The van der Waals surface area contributed by atoms with Crippen LogP contribution >= 0.6 is 0 Å². The molecule has 0 bridgehead atoms. The average Bonchev–Trinajstić information content (AvgIpc) is 2.76. The molecule has 1 heterocycles. The smallest absolute Gasteiger partial charge is 0.342 e. The number of carbonyl (C=O) groups excluding carboxylic acids is 2. The molecule has 0 spiro atoms. The third-order valence-electron chi connectivity index (χ3n) is 5.66. The molecular weight excluding hydrogens is 410 g/mol. The van der Waals surface area contributed by atoms with Gasteiger partial charge in [0, 0.05) is 26.0 Å². The predicted molar refractivity (Wildman–Crippen MR) is 119 cm³/mol. The second-order valence-corrected chi connectivity index (χ2v) is 7.94. The molecule has 1 aliphatic rings. The number of hydroxylamine groups is 2. The number of fused-ring (bicyclic) bond motifs is 1. The Labute approximate surface area is 187 Å². The van der Waals surface area contributed by atoms with Crippen LogP contribution < -0.4 is 0 Å². The van der Waals surface area contributed by atoms with Gasteiger partial charge in [0.05, 0.1) is 7.11 Å². The summed E-state index contributed by atoms with van der Waals surface area (Å²) in [6.45, 7) is 0. The maximum absolute atomic E-state index is 13.1. The average molecular weight is 440 g/mol. The molecule has 1 aliphatic heterocycles. The molecule has 1 unspecified atom stereocenters. The quantitative estimate of drug-likeness (QED) is 0.419. The molecule has 32 heavy (non-hydrogen) atoms. The molecule has 3 rings (SSSR count). The first-order valence-corrected chi connectivity index (χ1v) is 10.7. The van der Waals surface area contributed by atoms with Crippen molar-refractivity contribution in [3.63, 3.8) is 0 Å². The summed E-state index contributed by atoms with van der Waals surface area (Å²) >= 11 is 0. The number of allylic oxidation sites excluding steroid dienone is 1. The van der Waals surface area contributed by atoms with E-state index in [-0.39, 0.29) is 35.3 Å². The normalized spacial score (nSPS) is 20.2. The van der Waals surface area contributed by atoms with E-state index in [0.29, 0.717) is 24.8 Å². The molecule has 7 nitrogen and oxygen atoms in total. The van der Waals surface area contributed by atoms with Gasteiger partial charge in [-0.05, 0) is 42.4 Å². The number of nitrogens with zero attached hydrogens (tertiary/aromatic N) is 1. The number of amides is 1. The third-order valence-corrected chi connectivity index (χ3v) is 5.66. The van der Waals surface area contributed by atoms with Crippen molar-refractivity contribution in [2.75, 3.05) is 14.2 Å². The molecule has 2 atom stereocenters. The zero-order chi connectivity index (χ0) is 23.1. The highest BCUT2D eigenvalue weighted by Gasteiger charge is 2.26. The zero-order valence-corrected chi connectivity index (χ0v) is 18.4. The van der Waals surface area contributed by atoms with Crippen molar-refractivity contribution >= 4 is 11.9 Å². The van der Waals surface area contributed by atoms with Gasteiger partial charge in [0.15, 0.2) is 0 Å². The van der Waals surface area contributed by atoms with E-state index in [1.165, 1.54) is 18.2 Å². The lowest BCUT2D eigenvalue weighted by Crippen LogP contribution is -2.28. The summed E-state index contributed by atoms with van der Waals surface area (Å²) in [5, 5.41) is 21.7. The van der Waals surface area contributed by atoms with E-state index in [9.17, 15) is 19.8 Å². The van der Waals surface area contributed by atoms with Crippen LogP contribution in [0.4, 0.5) is 0 Å². The third kappa shape index (κ3) is 5.88. The molecule has 0 aromatic heterocycles. The lowest BCUT2D eigenvalue weighted by Gasteiger charge is -2.23. The molecule has 1 amide bonds. The second kappa shape index (κ2) is 10.8. The molecule has 0 fully saturated rings. The number of aromatic hydroxyl groups is 2. The van der Waals surface area contributed by atoms with Gasteiger partial charge >= 0.3 is 5.97 Å². The zero-order valence-electron chi connectivity index (χ0n) is 18.4. The minimum Gasteiger partial charge on any atom is -0.508 e. The molecule has 2 aromatic carbocycles. The largest absolute Gasteiger partial charge is 0.508 e. The van der Waals surface area contributed by atoms with E-state index in [0.717, 1.165) is 18.1 Å². The van der Waals surface area contributed by atoms with Gasteiger partial charge in [-0.25, -0.2) is 9.86 Å². The van der Waals surface area contributed by atoms with Crippen LogP contribution in [-0.4, -0.2) is 41.3 Å². The summed E-state index contributed by atoms with van der Waals surface area (Å²) in [6.07, 6.45) is 5.95. The lowest BCUT2D eigenvalue weighted by atomic mass is 9.88. The molecule has 0 saturated heterocycles. The van der Waals surface area contributed by atoms with Crippen LogP contribution in [0.25, 0.3) is 0 Å². The van der Waals surface area contributed by atoms with E-state index >= 15 is 0 Å². The number of carbonyl (C=O) groups is 2. The summed E-state index contributed by atoms with van der Waals surface area (Å²) < 4.78 is 5.80. The van der Waals surface area contributed by atoms with Crippen molar-refractivity contribution in [2.45, 2.75) is 38.2 Å². The molecule has 0 radical (unpaired) electrons. The summed E-state index contributed by atoms with van der Waals surface area (Å²) in [4.78, 5) is 30.5. The van der Waals surface area contributed by atoms with Crippen molar-refractivity contribution in [3.8, 4) is 11.5 Å². The molecule has 7 heteroatoms. The summed E-state index contributed by atoms with van der Waals surface area (Å²) in [6, 6.07) is 12.0. The van der Waals surface area contributed by atoms with Crippen LogP contribution in [0.2, 0.25) is 0 Å². The van der Waals surface area contributed by atoms with Crippen molar-refractivity contribution in [3.05, 3.63) is 71.3 Å². The first-order chi connectivity index (χ1) is 15.4. The standard InChI is InChI=1S/C25H29NO6/c1-26(31-2)23(29)14-17-9-5-3-8-12-22(18-10-6-4-7-11-18)32-25(30)24-19(13-17)15-20(27)16-21(24)28/h3-4,6-8,10-11,15-17,22,27-28H,5,9,12-14H2,1-2H3/b8-3+/t17?,22-/m0/s1. The first-order valence-electron chi connectivity index (χ1n) is 10.7. The van der Waals surface area contributed by atoms with Gasteiger partial charge in [0.2, 0.25) is 5.91 Å². The van der Waals surface area contributed by atoms with Crippen LogP contribution in [-0.2, 0) is 20.8 Å². The highest BCUT2D eigenvalue weighted by Crippen LogP contribution is 2.34. The van der Waals surface area contributed by atoms with Gasteiger partial charge in [0.1, 0.15) is 23.2 Å². The Bertz CT molecular complexity index is 972. The number of esters is 1. The Morgan fingerprint density at radius 2 is 1.94 bits per heavy atom. The molecule has 2 aromatic rings. The molecule has 2 N–H and O–H groups in total. The highest BCUT2D eigenvalue weighted by atomic mass is 16.7. The Morgan fingerprint density at radius 1 is 1.19 bits per heavy atom. The van der Waals surface area contributed by atoms with Crippen LogP contribution in [0.15, 0.2) is 54.6 Å². The fourth-order valence-electron chi connectivity index (χ4n) is 3.91. The topological polar surface area (TPSA) is 96.3 Å². The molecular formula is C25H29NO6. The summed E-state index contributed by atoms with van der Waals surface area (Å²) in [5.74, 6) is -1.48. The first kappa shape index (κ1) is 23.3. The van der Waals surface area contributed by atoms with E-state index in [1.807, 2.05) is 42.5 Å². The number of ether oxygens (including phenoxy) is 1. The molecule has 0 saturated carbocycles. The number of hydrogen-bond acceptors (Lipinski definition) is 6. The van der Waals surface area contributed by atoms with E-state index in [4.69, 9.17) is 9.57 Å². The van der Waals surface area contributed by atoms with Gasteiger partial charge in [-0.1, -0.05) is 42.5 Å². The Balaban J connectivity index is 1.96. The van der Waals surface area contributed by atoms with Crippen molar-refractivity contribution in [1.82, 2.24) is 5.06 Å². The maximum atomic E-state index is 13.1. The number of cyclic esters (lactones) is 1. The number of hydrogen-bond donors (Lipinski definition) is 2. The van der Waals surface area contributed by atoms with Crippen molar-refractivity contribution in [2.24, 2.45) is 5.92 Å². The van der Waals surface area contributed by atoms with E-state index in [2.05, 4.69) is 0 Å². The van der Waals surface area contributed by atoms with Crippen molar-refractivity contribution < 1.29 is 29.4 Å². The fraction of sp³-hybridized carbons (Fsp3) is 0.360. The van der Waals surface area contributed by atoms with Crippen LogP contribution in [0.5, 0.6) is 11.5 Å². The Hall–Kier alpha value is -3.32. The van der Waals surface area contributed by atoms with Gasteiger partial charge in [-0.2, -0.15) is 0 Å². The number of phenols is 2. The maximum Gasteiger partial charge on any atom is 0.342 e. The minimum atomic E-state index is -0.667. The second-order valence-electron chi connectivity index (χ2n) is 7.94. The highest BCUT2D eigenvalue weighted by molar-refractivity contribution is 5.94. The van der Waals surface area contributed by atoms with Crippen molar-refractivity contribution in [1.29, 1.82) is 0 Å². The monoisotopic (exact) mass is 439 g/mol. The number of rotatable bonds is 4. The van der Waals surface area contributed by atoms with Gasteiger partial charge < -0.3 is 14.9 Å². The molecule has 170 valence electrons.